The Morgan fingerprint density at radius 2 is 0.741 bits per heavy atom. The van der Waals surface area contributed by atoms with Crippen LogP contribution in [-0.4, -0.2) is 75.9 Å². The van der Waals surface area contributed by atoms with Crippen molar-refractivity contribution in [3.63, 3.8) is 0 Å². The number of benzene rings is 4. The molecule has 2 unspecified atom stereocenters. The van der Waals surface area contributed by atoms with E-state index in [1.165, 1.54) is 0 Å². The Hall–Kier alpha value is -6.30. The van der Waals surface area contributed by atoms with Gasteiger partial charge in [-0.3, -0.25) is 19.2 Å². The maximum absolute atomic E-state index is 13.6. The fourth-order valence-electron chi connectivity index (χ4n) is 6.57. The average molecular weight is 793 g/mol. The molecule has 0 bridgehead atoms. The summed E-state index contributed by atoms with van der Waals surface area (Å²) < 4.78 is 32.6. The largest absolute Gasteiger partial charge is 0.497 e. The van der Waals surface area contributed by atoms with Crippen LogP contribution in [0.15, 0.2) is 119 Å². The van der Waals surface area contributed by atoms with Gasteiger partial charge < -0.3 is 28.4 Å². The molecule has 12 nitrogen and oxygen atoms in total. The molecule has 4 aromatic rings. The second-order valence-corrected chi connectivity index (χ2v) is 13.0. The standard InChI is InChI=1S/C46H52N2O10/c1-7-55-43(49)41(44(50)56-8-2)37(31-21-25-35(53-5)26-22-31)29-39(33-17-13-11-14-18-33)47-48-40(34-19-15-12-16-20-34)30-38(32-23-27-36(54-6)28-24-32)42(45(51)57-9-3)46(52)58-10-4/h11-28,37-38,41-42H,7-10,29-30H2,1-6H3/b47-39+,48-40+. The van der Waals surface area contributed by atoms with E-state index in [0.717, 1.165) is 0 Å². The van der Waals surface area contributed by atoms with Crippen LogP contribution in [0.2, 0.25) is 0 Å². The number of carbonyl (C=O) groups is 4. The molecule has 4 aromatic carbocycles. The molecule has 0 heterocycles. The Labute approximate surface area is 340 Å². The van der Waals surface area contributed by atoms with E-state index in [4.69, 9.17) is 38.6 Å². The summed E-state index contributed by atoms with van der Waals surface area (Å²) in [6, 6.07) is 32.8. The zero-order valence-electron chi connectivity index (χ0n) is 33.9. The quantitative estimate of drug-likeness (QED) is 0.0270. The lowest BCUT2D eigenvalue weighted by atomic mass is 9.80. The first kappa shape index (κ1) is 44.4. The molecule has 0 aliphatic rings. The SMILES string of the molecule is CCOC(=O)C(C(=O)OCC)C(C/C(=N\N=C(/CC(c1ccc(OC)cc1)C(C(=O)OCC)C(=O)OCC)c1ccccc1)c1ccccc1)c1ccc(OC)cc1. The maximum atomic E-state index is 13.6. The molecule has 0 N–H and O–H groups in total. The zero-order chi connectivity index (χ0) is 41.9. The van der Waals surface area contributed by atoms with Crippen molar-refractivity contribution in [3.8, 4) is 11.5 Å². The smallest absolute Gasteiger partial charge is 0.320 e. The summed E-state index contributed by atoms with van der Waals surface area (Å²) in [7, 11) is 3.10. The van der Waals surface area contributed by atoms with Crippen LogP contribution in [0.3, 0.4) is 0 Å². The topological polar surface area (TPSA) is 148 Å². The van der Waals surface area contributed by atoms with Crippen LogP contribution >= 0.6 is 0 Å². The van der Waals surface area contributed by atoms with Gasteiger partial charge in [0.05, 0.1) is 52.1 Å². The van der Waals surface area contributed by atoms with Crippen molar-refractivity contribution in [2.45, 2.75) is 52.4 Å². The lowest BCUT2D eigenvalue weighted by molar-refractivity contribution is -0.164. The lowest BCUT2D eigenvalue weighted by Crippen LogP contribution is -2.35. The van der Waals surface area contributed by atoms with E-state index in [1.807, 2.05) is 60.7 Å². The van der Waals surface area contributed by atoms with Crippen LogP contribution in [0.1, 0.15) is 74.6 Å². The second-order valence-electron chi connectivity index (χ2n) is 13.0. The molecule has 12 heteroatoms. The summed E-state index contributed by atoms with van der Waals surface area (Å²) in [6.07, 6.45) is 0.112. The summed E-state index contributed by atoms with van der Waals surface area (Å²) in [6.45, 7) is 6.93. The van der Waals surface area contributed by atoms with E-state index in [9.17, 15) is 19.2 Å². The Morgan fingerprint density at radius 1 is 0.448 bits per heavy atom. The minimum atomic E-state index is -1.34. The van der Waals surface area contributed by atoms with Crippen LogP contribution in [-0.2, 0) is 38.1 Å². The average Bonchev–Trinajstić information content (AvgIpc) is 3.24. The molecule has 4 rings (SSSR count). The van der Waals surface area contributed by atoms with Crippen molar-refractivity contribution in [1.29, 1.82) is 0 Å². The molecular formula is C46H52N2O10. The highest BCUT2D eigenvalue weighted by atomic mass is 16.6. The summed E-state index contributed by atoms with van der Waals surface area (Å²) in [5.74, 6) is -6.01. The van der Waals surface area contributed by atoms with Crippen LogP contribution < -0.4 is 9.47 Å². The van der Waals surface area contributed by atoms with Crippen LogP contribution in [0, 0.1) is 11.8 Å². The van der Waals surface area contributed by atoms with Gasteiger partial charge in [-0.15, -0.1) is 0 Å². The van der Waals surface area contributed by atoms with Crippen molar-refractivity contribution in [2.24, 2.45) is 22.0 Å². The highest BCUT2D eigenvalue weighted by molar-refractivity contribution is 6.06. The lowest BCUT2D eigenvalue weighted by Gasteiger charge is -2.26. The molecule has 0 aliphatic heterocycles. The Bertz CT molecular complexity index is 1800. The molecule has 0 aromatic heterocycles. The third kappa shape index (κ3) is 12.1. The predicted molar refractivity (Wildman–Crippen MR) is 220 cm³/mol. The van der Waals surface area contributed by atoms with Gasteiger partial charge in [-0.25, -0.2) is 0 Å². The number of ether oxygens (including phenoxy) is 6. The van der Waals surface area contributed by atoms with Gasteiger partial charge in [-0.1, -0.05) is 84.9 Å². The number of hydrogen-bond acceptors (Lipinski definition) is 12. The molecule has 0 saturated heterocycles. The third-order valence-corrected chi connectivity index (χ3v) is 9.39. The molecule has 306 valence electrons. The summed E-state index contributed by atoms with van der Waals surface area (Å²) in [5, 5.41) is 9.76. The molecule has 0 amide bonds. The van der Waals surface area contributed by atoms with Gasteiger partial charge in [-0.2, -0.15) is 10.2 Å². The second kappa shape index (κ2) is 23.1. The summed E-state index contributed by atoms with van der Waals surface area (Å²) in [4.78, 5) is 54.5. The van der Waals surface area contributed by atoms with Crippen molar-refractivity contribution in [2.75, 3.05) is 40.6 Å². The Morgan fingerprint density at radius 3 is 1.00 bits per heavy atom. The number of methoxy groups -OCH3 is 2. The third-order valence-electron chi connectivity index (χ3n) is 9.39. The van der Waals surface area contributed by atoms with Gasteiger partial charge in [0, 0.05) is 24.7 Å². The molecule has 0 spiro atoms. The first-order valence-corrected chi connectivity index (χ1v) is 19.4. The zero-order valence-corrected chi connectivity index (χ0v) is 33.9. The highest BCUT2D eigenvalue weighted by Crippen LogP contribution is 2.36. The minimum Gasteiger partial charge on any atom is -0.497 e. The van der Waals surface area contributed by atoms with Crippen LogP contribution in [0.4, 0.5) is 0 Å². The van der Waals surface area contributed by atoms with Crippen molar-refractivity contribution in [1.82, 2.24) is 0 Å². The summed E-state index contributed by atoms with van der Waals surface area (Å²) >= 11 is 0. The number of nitrogens with zero attached hydrogens (tertiary/aromatic N) is 2. The number of rotatable bonds is 21. The van der Waals surface area contributed by atoms with Gasteiger partial charge in [0.25, 0.3) is 0 Å². The molecular weight excluding hydrogens is 741 g/mol. The van der Waals surface area contributed by atoms with Gasteiger partial charge in [0.15, 0.2) is 11.8 Å². The van der Waals surface area contributed by atoms with Gasteiger partial charge >= 0.3 is 23.9 Å². The Balaban J connectivity index is 1.96. The van der Waals surface area contributed by atoms with E-state index >= 15 is 0 Å². The first-order valence-electron chi connectivity index (χ1n) is 19.4. The fourth-order valence-corrected chi connectivity index (χ4v) is 6.57. The fraction of sp³-hybridized carbons (Fsp3) is 0.348. The van der Waals surface area contributed by atoms with E-state index in [1.54, 1.807) is 90.4 Å². The molecule has 0 fully saturated rings. The van der Waals surface area contributed by atoms with E-state index in [2.05, 4.69) is 0 Å². The summed E-state index contributed by atoms with van der Waals surface area (Å²) in [5.41, 5.74) is 3.56. The van der Waals surface area contributed by atoms with E-state index in [0.29, 0.717) is 45.2 Å². The van der Waals surface area contributed by atoms with Gasteiger partial charge in [-0.05, 0) is 74.2 Å². The number of hydrogen-bond donors (Lipinski definition) is 0. The maximum Gasteiger partial charge on any atom is 0.320 e. The minimum absolute atomic E-state index is 0.0559. The molecule has 0 aliphatic carbocycles. The highest BCUT2D eigenvalue weighted by Gasteiger charge is 2.41. The molecule has 0 radical (unpaired) electrons. The van der Waals surface area contributed by atoms with Crippen molar-refractivity contribution < 1.29 is 47.6 Å². The van der Waals surface area contributed by atoms with E-state index < -0.39 is 47.5 Å². The van der Waals surface area contributed by atoms with Crippen LogP contribution in [0.5, 0.6) is 11.5 Å². The Kier molecular flexibility index (Phi) is 17.7. The van der Waals surface area contributed by atoms with Crippen molar-refractivity contribution >= 4 is 35.3 Å². The van der Waals surface area contributed by atoms with Gasteiger partial charge in [0.2, 0.25) is 0 Å². The molecule has 0 saturated carbocycles. The molecule has 58 heavy (non-hydrogen) atoms. The van der Waals surface area contributed by atoms with Crippen LogP contribution in [0.25, 0.3) is 0 Å². The normalized spacial score (nSPS) is 12.7. The van der Waals surface area contributed by atoms with Crippen molar-refractivity contribution in [3.05, 3.63) is 131 Å². The monoisotopic (exact) mass is 792 g/mol. The molecule has 2 atom stereocenters. The number of carbonyl (C=O) groups excluding carboxylic acids is 4. The first-order chi connectivity index (χ1) is 28.2. The van der Waals surface area contributed by atoms with E-state index in [-0.39, 0.29) is 39.3 Å². The van der Waals surface area contributed by atoms with Gasteiger partial charge in [0.1, 0.15) is 11.5 Å². The predicted octanol–water partition coefficient (Wildman–Crippen LogP) is 7.73. The number of esters is 4.